The van der Waals surface area contributed by atoms with Gasteiger partial charge in [-0.3, -0.25) is 4.79 Å². The fourth-order valence-electron chi connectivity index (χ4n) is 1.57. The Balaban J connectivity index is 2.33. The van der Waals surface area contributed by atoms with Gasteiger partial charge in [0, 0.05) is 11.8 Å². The highest BCUT2D eigenvalue weighted by atomic mass is 32.2. The van der Waals surface area contributed by atoms with Crippen molar-refractivity contribution in [1.29, 1.82) is 0 Å². The molecule has 2 aromatic carbocycles. The van der Waals surface area contributed by atoms with E-state index < -0.39 is 15.7 Å². The predicted molar refractivity (Wildman–Crippen MR) is 71.4 cm³/mol. The molecule has 6 heteroatoms. The van der Waals surface area contributed by atoms with Crippen LogP contribution >= 0.6 is 0 Å². The summed E-state index contributed by atoms with van der Waals surface area (Å²) >= 11 is 0. The van der Waals surface area contributed by atoms with Crippen LogP contribution in [0.15, 0.2) is 47.4 Å². The summed E-state index contributed by atoms with van der Waals surface area (Å²) < 4.78 is 41.8. The van der Waals surface area contributed by atoms with Crippen LogP contribution in [0.2, 0.25) is 0 Å². The Bertz CT molecular complexity index is 754. The van der Waals surface area contributed by atoms with E-state index >= 15 is 0 Å². The lowest BCUT2D eigenvalue weighted by Crippen LogP contribution is -1.97. The Labute approximate surface area is 115 Å². The molecule has 2 aromatic rings. The fraction of sp³-hybridized carbons (Fsp3) is 0.0714. The van der Waals surface area contributed by atoms with Crippen LogP contribution in [0, 0.1) is 5.82 Å². The van der Waals surface area contributed by atoms with Gasteiger partial charge in [0.25, 0.3) is 0 Å². The molecule has 0 aliphatic heterocycles. The normalized spacial score (nSPS) is 11.1. The average Bonchev–Trinajstić information content (AvgIpc) is 2.40. The van der Waals surface area contributed by atoms with Crippen LogP contribution in [0.4, 0.5) is 4.39 Å². The fourth-order valence-corrected chi connectivity index (χ4v) is 2.22. The Kier molecular flexibility index (Phi) is 3.85. The first-order valence-corrected chi connectivity index (χ1v) is 7.52. The van der Waals surface area contributed by atoms with Crippen molar-refractivity contribution >= 4 is 16.1 Å². The van der Waals surface area contributed by atoms with Crippen molar-refractivity contribution in [3.8, 4) is 11.5 Å². The molecule has 0 fully saturated rings. The molecule has 2 rings (SSSR count). The molecule has 0 atom stereocenters. The topological polar surface area (TPSA) is 60.4 Å². The maximum atomic E-state index is 13.7. The zero-order valence-corrected chi connectivity index (χ0v) is 11.4. The molecule has 0 radical (unpaired) electrons. The molecule has 0 heterocycles. The number of hydrogen-bond donors (Lipinski definition) is 0. The Morgan fingerprint density at radius 1 is 1.15 bits per heavy atom. The van der Waals surface area contributed by atoms with Gasteiger partial charge in [0.2, 0.25) is 0 Å². The molecule has 0 aromatic heterocycles. The van der Waals surface area contributed by atoms with Crippen LogP contribution in [0.1, 0.15) is 10.4 Å². The van der Waals surface area contributed by atoms with Gasteiger partial charge in [-0.05, 0) is 36.4 Å². The average molecular weight is 294 g/mol. The molecule has 0 aliphatic rings. The summed E-state index contributed by atoms with van der Waals surface area (Å²) in [6.45, 7) is 0. The van der Waals surface area contributed by atoms with Gasteiger partial charge in [-0.1, -0.05) is 6.07 Å². The van der Waals surface area contributed by atoms with E-state index in [0.29, 0.717) is 6.29 Å². The number of carbonyl (C=O) groups is 1. The molecule has 0 amide bonds. The SMILES string of the molecule is CS(=O)(=O)c1cccc(Oc2ccc(C=O)cc2F)c1. The molecule has 0 bridgehead atoms. The largest absolute Gasteiger partial charge is 0.454 e. The quantitative estimate of drug-likeness (QED) is 0.814. The van der Waals surface area contributed by atoms with Crippen LogP contribution < -0.4 is 4.74 Å². The highest BCUT2D eigenvalue weighted by Gasteiger charge is 2.10. The van der Waals surface area contributed by atoms with E-state index in [4.69, 9.17) is 4.74 Å². The summed E-state index contributed by atoms with van der Waals surface area (Å²) in [5.41, 5.74) is 0.194. The van der Waals surface area contributed by atoms with Gasteiger partial charge in [0.1, 0.15) is 12.0 Å². The monoisotopic (exact) mass is 294 g/mol. The standard InChI is InChI=1S/C14H11FO4S/c1-20(17,18)12-4-2-3-11(8-12)19-14-6-5-10(9-16)7-13(14)15/h2-9H,1H3. The van der Waals surface area contributed by atoms with E-state index in [2.05, 4.69) is 0 Å². The number of halogens is 1. The third-order valence-corrected chi connectivity index (χ3v) is 3.66. The van der Waals surface area contributed by atoms with E-state index in [0.717, 1.165) is 12.3 Å². The minimum absolute atomic E-state index is 0.0822. The van der Waals surface area contributed by atoms with Crippen molar-refractivity contribution in [2.75, 3.05) is 6.26 Å². The lowest BCUT2D eigenvalue weighted by molar-refractivity contribution is 0.112. The van der Waals surface area contributed by atoms with Gasteiger partial charge in [-0.25, -0.2) is 12.8 Å². The van der Waals surface area contributed by atoms with Crippen molar-refractivity contribution in [3.05, 3.63) is 53.8 Å². The van der Waals surface area contributed by atoms with E-state index in [-0.39, 0.29) is 22.0 Å². The molecule has 0 unspecified atom stereocenters. The number of hydrogen-bond acceptors (Lipinski definition) is 4. The highest BCUT2D eigenvalue weighted by Crippen LogP contribution is 2.26. The van der Waals surface area contributed by atoms with Gasteiger partial charge >= 0.3 is 0 Å². The van der Waals surface area contributed by atoms with Gasteiger partial charge < -0.3 is 4.74 Å². The summed E-state index contributed by atoms with van der Waals surface area (Å²) in [6, 6.07) is 9.52. The molecule has 104 valence electrons. The van der Waals surface area contributed by atoms with Crippen LogP contribution in [0.5, 0.6) is 11.5 Å². The van der Waals surface area contributed by atoms with Crippen molar-refractivity contribution < 1.29 is 22.3 Å². The van der Waals surface area contributed by atoms with Crippen LogP contribution in [0.25, 0.3) is 0 Å². The smallest absolute Gasteiger partial charge is 0.175 e. The zero-order chi connectivity index (χ0) is 14.8. The molecule has 0 saturated heterocycles. The first kappa shape index (κ1) is 14.2. The summed E-state index contributed by atoms with van der Waals surface area (Å²) in [7, 11) is -3.36. The lowest BCUT2D eigenvalue weighted by atomic mass is 10.2. The van der Waals surface area contributed by atoms with E-state index in [1.165, 1.54) is 36.4 Å². The molecule has 0 aliphatic carbocycles. The molecular formula is C14H11FO4S. The Morgan fingerprint density at radius 2 is 1.90 bits per heavy atom. The van der Waals surface area contributed by atoms with Crippen LogP contribution in [-0.2, 0) is 9.84 Å². The molecular weight excluding hydrogens is 283 g/mol. The van der Waals surface area contributed by atoms with E-state index in [9.17, 15) is 17.6 Å². The minimum Gasteiger partial charge on any atom is -0.454 e. The number of aldehydes is 1. The second-order valence-corrected chi connectivity index (χ2v) is 6.17. The molecule has 4 nitrogen and oxygen atoms in total. The summed E-state index contributed by atoms with van der Waals surface area (Å²) in [5, 5.41) is 0. The predicted octanol–water partition coefficient (Wildman–Crippen LogP) is 2.83. The minimum atomic E-state index is -3.36. The Hall–Kier alpha value is -2.21. The van der Waals surface area contributed by atoms with Gasteiger partial charge in [0.05, 0.1) is 4.90 Å². The van der Waals surface area contributed by atoms with Crippen molar-refractivity contribution in [2.24, 2.45) is 0 Å². The number of benzene rings is 2. The summed E-state index contributed by atoms with van der Waals surface area (Å²) in [6.07, 6.45) is 1.60. The number of carbonyl (C=O) groups excluding carboxylic acids is 1. The van der Waals surface area contributed by atoms with Gasteiger partial charge in [-0.2, -0.15) is 0 Å². The first-order chi connectivity index (χ1) is 9.40. The maximum Gasteiger partial charge on any atom is 0.175 e. The second kappa shape index (κ2) is 5.42. The zero-order valence-electron chi connectivity index (χ0n) is 10.5. The van der Waals surface area contributed by atoms with Crippen LogP contribution in [0.3, 0.4) is 0 Å². The van der Waals surface area contributed by atoms with Crippen molar-refractivity contribution in [1.82, 2.24) is 0 Å². The number of ether oxygens (including phenoxy) is 1. The molecule has 20 heavy (non-hydrogen) atoms. The van der Waals surface area contributed by atoms with Crippen molar-refractivity contribution in [3.63, 3.8) is 0 Å². The van der Waals surface area contributed by atoms with Gasteiger partial charge in [0.15, 0.2) is 21.4 Å². The number of rotatable bonds is 4. The van der Waals surface area contributed by atoms with Gasteiger partial charge in [-0.15, -0.1) is 0 Å². The lowest BCUT2D eigenvalue weighted by Gasteiger charge is -2.08. The molecule has 0 saturated carbocycles. The second-order valence-electron chi connectivity index (χ2n) is 4.16. The molecule has 0 spiro atoms. The third-order valence-electron chi connectivity index (χ3n) is 2.55. The molecule has 0 N–H and O–H groups in total. The van der Waals surface area contributed by atoms with E-state index in [1.807, 2.05) is 0 Å². The summed E-state index contributed by atoms with van der Waals surface area (Å²) in [5.74, 6) is -0.578. The Morgan fingerprint density at radius 3 is 2.50 bits per heavy atom. The van der Waals surface area contributed by atoms with E-state index in [1.54, 1.807) is 0 Å². The number of sulfone groups is 1. The maximum absolute atomic E-state index is 13.7. The highest BCUT2D eigenvalue weighted by molar-refractivity contribution is 7.90. The summed E-state index contributed by atoms with van der Waals surface area (Å²) in [4.78, 5) is 10.6. The third kappa shape index (κ3) is 3.21. The van der Waals surface area contributed by atoms with Crippen molar-refractivity contribution in [2.45, 2.75) is 4.90 Å². The first-order valence-electron chi connectivity index (χ1n) is 5.63. The van der Waals surface area contributed by atoms with Crippen LogP contribution in [-0.4, -0.2) is 21.0 Å².